The Balaban J connectivity index is 1.83. The van der Waals surface area contributed by atoms with Gasteiger partial charge in [-0.15, -0.1) is 0 Å². The van der Waals surface area contributed by atoms with Crippen LogP contribution in [0.2, 0.25) is 0 Å². The minimum atomic E-state index is 0.458. The van der Waals surface area contributed by atoms with Crippen LogP contribution >= 0.6 is 0 Å². The predicted octanol–water partition coefficient (Wildman–Crippen LogP) is 3.41. The first-order valence-corrected chi connectivity index (χ1v) is 6.50. The summed E-state index contributed by atoms with van der Waals surface area (Å²) in [5.74, 6) is 0.739. The Hall–Kier alpha value is -1.31. The summed E-state index contributed by atoms with van der Waals surface area (Å²) in [4.78, 5) is 2.30. The number of rotatable bonds is 1. The fourth-order valence-electron chi connectivity index (χ4n) is 3.28. The van der Waals surface area contributed by atoms with Crippen molar-refractivity contribution in [3.05, 3.63) is 35.4 Å². The van der Waals surface area contributed by atoms with Gasteiger partial charge < -0.3 is 4.90 Å². The molecule has 0 amide bonds. The SMILES string of the molecule is CC1(C)CCC(N2Cc3ccccc3C2=N)C1. The summed E-state index contributed by atoms with van der Waals surface area (Å²) in [5.41, 5.74) is 2.92. The summed E-state index contributed by atoms with van der Waals surface area (Å²) in [5, 5.41) is 8.31. The lowest BCUT2D eigenvalue weighted by molar-refractivity contribution is 0.285. The lowest BCUT2D eigenvalue weighted by Crippen LogP contribution is -2.34. The van der Waals surface area contributed by atoms with Crippen LogP contribution in [0.1, 0.15) is 44.2 Å². The zero-order valence-electron chi connectivity index (χ0n) is 10.7. The van der Waals surface area contributed by atoms with Crippen LogP contribution in [0.5, 0.6) is 0 Å². The van der Waals surface area contributed by atoms with Crippen molar-refractivity contribution in [3.63, 3.8) is 0 Å². The van der Waals surface area contributed by atoms with Gasteiger partial charge in [0.05, 0.1) is 0 Å². The monoisotopic (exact) mass is 228 g/mol. The topological polar surface area (TPSA) is 27.1 Å². The van der Waals surface area contributed by atoms with Crippen molar-refractivity contribution in [2.24, 2.45) is 5.41 Å². The number of fused-ring (bicyclic) bond motifs is 1. The molecule has 2 heteroatoms. The molecule has 1 unspecified atom stereocenters. The third kappa shape index (κ3) is 1.76. The molecule has 1 saturated carbocycles. The molecule has 0 radical (unpaired) electrons. The summed E-state index contributed by atoms with van der Waals surface area (Å²) in [6, 6.07) is 8.93. The Kier molecular flexibility index (Phi) is 2.29. The van der Waals surface area contributed by atoms with Crippen molar-refractivity contribution in [2.75, 3.05) is 0 Å². The third-order valence-corrected chi connectivity index (χ3v) is 4.28. The highest BCUT2D eigenvalue weighted by molar-refractivity contribution is 6.00. The summed E-state index contributed by atoms with van der Waals surface area (Å²) in [6.45, 7) is 5.63. The molecule has 0 saturated heterocycles. The van der Waals surface area contributed by atoms with Crippen LogP contribution in [0, 0.1) is 10.8 Å². The molecule has 3 rings (SSSR count). The molecular weight excluding hydrogens is 208 g/mol. The smallest absolute Gasteiger partial charge is 0.128 e. The zero-order chi connectivity index (χ0) is 12.0. The molecule has 90 valence electrons. The van der Waals surface area contributed by atoms with E-state index < -0.39 is 0 Å². The first kappa shape index (κ1) is 10.8. The second kappa shape index (κ2) is 3.59. The standard InChI is InChI=1S/C15H20N2/c1-15(2)8-7-12(9-15)17-10-11-5-3-4-6-13(11)14(17)16/h3-6,12,16H,7-10H2,1-2H3. The number of nitrogens with zero attached hydrogens (tertiary/aromatic N) is 1. The molecule has 1 aliphatic carbocycles. The largest absolute Gasteiger partial charge is 0.349 e. The summed E-state index contributed by atoms with van der Waals surface area (Å²) >= 11 is 0. The van der Waals surface area contributed by atoms with Crippen LogP contribution in [0.3, 0.4) is 0 Å². The summed E-state index contributed by atoms with van der Waals surface area (Å²) < 4.78 is 0. The van der Waals surface area contributed by atoms with Gasteiger partial charge in [-0.1, -0.05) is 38.1 Å². The average molecular weight is 228 g/mol. The molecular formula is C15H20N2. The van der Waals surface area contributed by atoms with Crippen molar-refractivity contribution in [3.8, 4) is 0 Å². The Morgan fingerprint density at radius 1 is 1.29 bits per heavy atom. The Bertz CT molecular complexity index is 462. The van der Waals surface area contributed by atoms with Gasteiger partial charge in [0.1, 0.15) is 5.84 Å². The van der Waals surface area contributed by atoms with Gasteiger partial charge >= 0.3 is 0 Å². The Labute approximate surface area is 103 Å². The second-order valence-corrected chi connectivity index (χ2v) is 6.19. The van der Waals surface area contributed by atoms with Gasteiger partial charge in [-0.25, -0.2) is 0 Å². The van der Waals surface area contributed by atoms with E-state index in [0.717, 1.165) is 17.9 Å². The number of hydrogen-bond donors (Lipinski definition) is 1. The highest BCUT2D eigenvalue weighted by atomic mass is 15.2. The lowest BCUT2D eigenvalue weighted by atomic mass is 9.91. The van der Waals surface area contributed by atoms with Crippen molar-refractivity contribution < 1.29 is 0 Å². The molecule has 17 heavy (non-hydrogen) atoms. The maximum Gasteiger partial charge on any atom is 0.128 e. The Morgan fingerprint density at radius 3 is 2.71 bits per heavy atom. The number of hydrogen-bond acceptors (Lipinski definition) is 1. The van der Waals surface area contributed by atoms with E-state index in [1.54, 1.807) is 0 Å². The average Bonchev–Trinajstić information content (AvgIpc) is 2.81. The molecule has 2 aliphatic rings. The highest BCUT2D eigenvalue weighted by Gasteiger charge is 2.37. The van der Waals surface area contributed by atoms with Crippen LogP contribution in [0.25, 0.3) is 0 Å². The number of nitrogens with one attached hydrogen (secondary N) is 1. The first-order chi connectivity index (χ1) is 8.07. The minimum Gasteiger partial charge on any atom is -0.349 e. The van der Waals surface area contributed by atoms with Crippen LogP contribution in [0.4, 0.5) is 0 Å². The van der Waals surface area contributed by atoms with Crippen molar-refractivity contribution in [1.82, 2.24) is 4.90 Å². The lowest BCUT2D eigenvalue weighted by Gasteiger charge is -2.27. The maximum absolute atomic E-state index is 8.31. The molecule has 1 aromatic rings. The molecule has 0 spiro atoms. The zero-order valence-corrected chi connectivity index (χ0v) is 10.7. The highest BCUT2D eigenvalue weighted by Crippen LogP contribution is 2.41. The van der Waals surface area contributed by atoms with E-state index in [9.17, 15) is 0 Å². The first-order valence-electron chi connectivity index (χ1n) is 6.50. The number of benzene rings is 1. The van der Waals surface area contributed by atoms with Gasteiger partial charge in [0.15, 0.2) is 0 Å². The summed E-state index contributed by atoms with van der Waals surface area (Å²) in [6.07, 6.45) is 3.75. The quantitative estimate of drug-likeness (QED) is 0.783. The van der Waals surface area contributed by atoms with Crippen LogP contribution < -0.4 is 0 Å². The number of amidine groups is 1. The van der Waals surface area contributed by atoms with Gasteiger partial charge in [0.2, 0.25) is 0 Å². The summed E-state index contributed by atoms with van der Waals surface area (Å²) in [7, 11) is 0. The van der Waals surface area contributed by atoms with E-state index in [1.165, 1.54) is 24.8 Å². The van der Waals surface area contributed by atoms with Crippen molar-refractivity contribution in [1.29, 1.82) is 5.41 Å². The fraction of sp³-hybridized carbons (Fsp3) is 0.533. The van der Waals surface area contributed by atoms with E-state index in [4.69, 9.17) is 5.41 Å². The Morgan fingerprint density at radius 2 is 2.06 bits per heavy atom. The molecule has 1 fully saturated rings. The second-order valence-electron chi connectivity index (χ2n) is 6.19. The van der Waals surface area contributed by atoms with Gasteiger partial charge in [0.25, 0.3) is 0 Å². The molecule has 1 heterocycles. The van der Waals surface area contributed by atoms with E-state index in [-0.39, 0.29) is 0 Å². The maximum atomic E-state index is 8.31. The van der Waals surface area contributed by atoms with Crippen LogP contribution in [-0.2, 0) is 6.54 Å². The minimum absolute atomic E-state index is 0.458. The predicted molar refractivity (Wildman–Crippen MR) is 70.2 cm³/mol. The van der Waals surface area contributed by atoms with Gasteiger partial charge in [-0.2, -0.15) is 0 Å². The van der Waals surface area contributed by atoms with Gasteiger partial charge in [0, 0.05) is 18.2 Å². The van der Waals surface area contributed by atoms with Crippen molar-refractivity contribution in [2.45, 2.75) is 45.7 Å². The molecule has 1 N–H and O–H groups in total. The van der Waals surface area contributed by atoms with Gasteiger partial charge in [-0.3, -0.25) is 5.41 Å². The third-order valence-electron chi connectivity index (χ3n) is 4.28. The van der Waals surface area contributed by atoms with E-state index in [2.05, 4.69) is 36.9 Å². The van der Waals surface area contributed by atoms with Crippen LogP contribution in [0.15, 0.2) is 24.3 Å². The van der Waals surface area contributed by atoms with Crippen molar-refractivity contribution >= 4 is 5.84 Å². The molecule has 1 atom stereocenters. The molecule has 0 bridgehead atoms. The fourth-order valence-corrected chi connectivity index (χ4v) is 3.28. The molecule has 1 aromatic carbocycles. The normalized spacial score (nSPS) is 26.4. The molecule has 0 aromatic heterocycles. The molecule has 1 aliphatic heterocycles. The van der Waals surface area contributed by atoms with E-state index in [0.29, 0.717) is 11.5 Å². The molecule has 2 nitrogen and oxygen atoms in total. The van der Waals surface area contributed by atoms with E-state index in [1.807, 2.05) is 6.07 Å². The van der Waals surface area contributed by atoms with Crippen LogP contribution in [-0.4, -0.2) is 16.8 Å². The van der Waals surface area contributed by atoms with E-state index >= 15 is 0 Å². The van der Waals surface area contributed by atoms with Gasteiger partial charge in [-0.05, 0) is 30.2 Å².